The molecule has 0 bridgehead atoms. The smallest absolute Gasteiger partial charge is 0.338 e. The lowest BCUT2D eigenvalue weighted by atomic mass is 10.2. The summed E-state index contributed by atoms with van der Waals surface area (Å²) in [6, 6.07) is 15.2. The highest BCUT2D eigenvalue weighted by atomic mass is 19.1. The molecule has 148 valence electrons. The van der Waals surface area contributed by atoms with E-state index in [1.165, 1.54) is 35.0 Å². The molecule has 0 aliphatic carbocycles. The van der Waals surface area contributed by atoms with E-state index in [0.29, 0.717) is 16.8 Å². The first kappa shape index (κ1) is 20.0. The minimum atomic E-state index is -0.596. The van der Waals surface area contributed by atoms with Gasteiger partial charge in [0, 0.05) is 17.4 Å². The molecule has 0 fully saturated rings. The molecule has 1 aromatic heterocycles. The molecule has 0 radical (unpaired) electrons. The Morgan fingerprint density at radius 3 is 2.45 bits per heavy atom. The Morgan fingerprint density at radius 1 is 1.03 bits per heavy atom. The lowest BCUT2D eigenvalue weighted by Crippen LogP contribution is -2.29. The van der Waals surface area contributed by atoms with Gasteiger partial charge in [-0.3, -0.25) is 9.59 Å². The fourth-order valence-electron chi connectivity index (χ4n) is 2.75. The summed E-state index contributed by atoms with van der Waals surface area (Å²) < 4.78 is 20.0. The van der Waals surface area contributed by atoms with Gasteiger partial charge in [0.15, 0.2) is 0 Å². The first-order valence-electron chi connectivity index (χ1n) is 9.01. The number of anilines is 1. The monoisotopic (exact) mass is 394 g/mol. The lowest BCUT2D eigenvalue weighted by Gasteiger charge is -2.10. The Balaban J connectivity index is 1.77. The average Bonchev–Trinajstić information content (AvgIpc) is 2.72. The van der Waals surface area contributed by atoms with Crippen molar-refractivity contribution in [2.45, 2.75) is 13.5 Å². The third-order valence-electron chi connectivity index (χ3n) is 4.22. The van der Waals surface area contributed by atoms with Crippen molar-refractivity contribution >= 4 is 17.6 Å². The molecule has 0 aliphatic rings. The van der Waals surface area contributed by atoms with Crippen molar-refractivity contribution in [3.63, 3.8) is 0 Å². The zero-order valence-corrected chi connectivity index (χ0v) is 15.7. The summed E-state index contributed by atoms with van der Waals surface area (Å²) in [5, 5.41) is 2.62. The maximum Gasteiger partial charge on any atom is 0.338 e. The number of amides is 1. The number of esters is 1. The molecule has 29 heavy (non-hydrogen) atoms. The number of hydrogen-bond donors (Lipinski definition) is 1. The van der Waals surface area contributed by atoms with Gasteiger partial charge in [-0.15, -0.1) is 0 Å². The van der Waals surface area contributed by atoms with Crippen LogP contribution in [-0.4, -0.2) is 23.1 Å². The van der Waals surface area contributed by atoms with Gasteiger partial charge in [0.25, 0.3) is 11.5 Å². The van der Waals surface area contributed by atoms with Crippen molar-refractivity contribution in [3.8, 4) is 0 Å². The molecule has 6 nitrogen and oxygen atoms in total. The fraction of sp³-hybridized carbons (Fsp3) is 0.136. The van der Waals surface area contributed by atoms with Gasteiger partial charge in [-0.1, -0.05) is 18.2 Å². The summed E-state index contributed by atoms with van der Waals surface area (Å²) >= 11 is 0. The highest BCUT2D eigenvalue weighted by Crippen LogP contribution is 2.12. The molecule has 1 N–H and O–H groups in total. The molecule has 2 aromatic carbocycles. The highest BCUT2D eigenvalue weighted by molar-refractivity contribution is 6.04. The van der Waals surface area contributed by atoms with Gasteiger partial charge in [-0.05, 0) is 49.4 Å². The van der Waals surface area contributed by atoms with E-state index >= 15 is 0 Å². The minimum absolute atomic E-state index is 0.0147. The van der Waals surface area contributed by atoms with Crippen LogP contribution in [0, 0.1) is 5.82 Å². The van der Waals surface area contributed by atoms with Crippen molar-refractivity contribution in [2.75, 3.05) is 11.9 Å². The van der Waals surface area contributed by atoms with Crippen molar-refractivity contribution in [3.05, 3.63) is 99.7 Å². The van der Waals surface area contributed by atoms with E-state index in [0.717, 1.165) is 0 Å². The predicted molar refractivity (Wildman–Crippen MR) is 107 cm³/mol. The van der Waals surface area contributed by atoms with Crippen LogP contribution in [0.1, 0.15) is 33.2 Å². The van der Waals surface area contributed by atoms with E-state index in [-0.39, 0.29) is 18.7 Å². The number of carbonyl (C=O) groups excluding carboxylic acids is 2. The van der Waals surface area contributed by atoms with Crippen LogP contribution in [0.3, 0.4) is 0 Å². The molecule has 3 aromatic rings. The summed E-state index contributed by atoms with van der Waals surface area (Å²) in [5.41, 5.74) is 0.528. The Bertz CT molecular complexity index is 1090. The van der Waals surface area contributed by atoms with Crippen LogP contribution >= 0.6 is 0 Å². The first-order chi connectivity index (χ1) is 14.0. The van der Waals surface area contributed by atoms with Crippen molar-refractivity contribution in [2.24, 2.45) is 0 Å². The van der Waals surface area contributed by atoms with Crippen LogP contribution in [0.15, 0.2) is 71.7 Å². The van der Waals surface area contributed by atoms with Gasteiger partial charge < -0.3 is 14.6 Å². The van der Waals surface area contributed by atoms with E-state index in [9.17, 15) is 18.8 Å². The van der Waals surface area contributed by atoms with E-state index in [4.69, 9.17) is 4.74 Å². The fourth-order valence-corrected chi connectivity index (χ4v) is 2.75. The number of rotatable bonds is 6. The maximum absolute atomic E-state index is 13.9. The van der Waals surface area contributed by atoms with E-state index in [1.807, 2.05) is 0 Å². The Morgan fingerprint density at radius 2 is 1.76 bits per heavy atom. The maximum atomic E-state index is 13.9. The number of halogens is 1. The quantitative estimate of drug-likeness (QED) is 0.650. The number of aromatic nitrogens is 1. The zero-order valence-electron chi connectivity index (χ0n) is 15.7. The number of nitrogens with one attached hydrogen (secondary N) is 1. The molecule has 0 unspecified atom stereocenters. The van der Waals surface area contributed by atoms with Crippen LogP contribution in [0.5, 0.6) is 0 Å². The second-order valence-electron chi connectivity index (χ2n) is 6.20. The van der Waals surface area contributed by atoms with Crippen molar-refractivity contribution in [1.29, 1.82) is 0 Å². The molecule has 0 spiro atoms. The third kappa shape index (κ3) is 4.76. The van der Waals surface area contributed by atoms with Crippen molar-refractivity contribution in [1.82, 2.24) is 4.57 Å². The third-order valence-corrected chi connectivity index (χ3v) is 4.22. The SMILES string of the molecule is CCOC(=O)c1ccc(NC(=O)c2cccn(Cc3ccccc3F)c2=O)cc1. The number of ether oxygens (including phenoxy) is 1. The Hall–Kier alpha value is -3.74. The second kappa shape index (κ2) is 8.97. The van der Waals surface area contributed by atoms with Gasteiger partial charge in [-0.25, -0.2) is 9.18 Å². The molecule has 7 heteroatoms. The van der Waals surface area contributed by atoms with Crippen LogP contribution in [0.4, 0.5) is 10.1 Å². The van der Waals surface area contributed by atoms with Gasteiger partial charge >= 0.3 is 5.97 Å². The Kier molecular flexibility index (Phi) is 6.19. The first-order valence-corrected chi connectivity index (χ1v) is 9.01. The number of nitrogens with zero attached hydrogens (tertiary/aromatic N) is 1. The average molecular weight is 394 g/mol. The summed E-state index contributed by atoms with van der Waals surface area (Å²) in [6.07, 6.45) is 1.50. The van der Waals surface area contributed by atoms with Crippen LogP contribution in [0.2, 0.25) is 0 Å². The van der Waals surface area contributed by atoms with E-state index in [1.54, 1.807) is 43.3 Å². The zero-order chi connectivity index (χ0) is 20.8. The number of pyridine rings is 1. The molecular weight excluding hydrogens is 375 g/mol. The number of carbonyl (C=O) groups is 2. The topological polar surface area (TPSA) is 77.4 Å². The van der Waals surface area contributed by atoms with Crippen molar-refractivity contribution < 1.29 is 18.7 Å². The van der Waals surface area contributed by atoms with Crippen LogP contribution in [-0.2, 0) is 11.3 Å². The molecule has 0 aliphatic heterocycles. The normalized spacial score (nSPS) is 10.4. The molecule has 1 heterocycles. The van der Waals surface area contributed by atoms with E-state index < -0.39 is 23.3 Å². The predicted octanol–water partition coefficient (Wildman–Crippen LogP) is 3.46. The molecule has 1 amide bonds. The molecule has 0 atom stereocenters. The van der Waals surface area contributed by atoms with Crippen LogP contribution in [0.25, 0.3) is 0 Å². The highest BCUT2D eigenvalue weighted by Gasteiger charge is 2.14. The molecule has 0 saturated carbocycles. The summed E-state index contributed by atoms with van der Waals surface area (Å²) in [6.45, 7) is 2.00. The minimum Gasteiger partial charge on any atom is -0.462 e. The molecular formula is C22H19FN2O4. The number of benzene rings is 2. The van der Waals surface area contributed by atoms with Gasteiger partial charge in [0.2, 0.25) is 0 Å². The van der Waals surface area contributed by atoms with Gasteiger partial charge in [0.05, 0.1) is 18.7 Å². The van der Waals surface area contributed by atoms with Gasteiger partial charge in [-0.2, -0.15) is 0 Å². The molecule has 0 saturated heterocycles. The summed E-state index contributed by atoms with van der Waals surface area (Å²) in [5.74, 6) is -1.47. The summed E-state index contributed by atoms with van der Waals surface area (Å²) in [7, 11) is 0. The largest absolute Gasteiger partial charge is 0.462 e. The lowest BCUT2D eigenvalue weighted by molar-refractivity contribution is 0.0526. The van der Waals surface area contributed by atoms with E-state index in [2.05, 4.69) is 5.32 Å². The van der Waals surface area contributed by atoms with Gasteiger partial charge in [0.1, 0.15) is 11.4 Å². The number of hydrogen-bond acceptors (Lipinski definition) is 4. The standard InChI is InChI=1S/C22H19FN2O4/c1-2-29-22(28)15-9-11-17(12-10-15)24-20(26)18-7-5-13-25(21(18)27)14-16-6-3-4-8-19(16)23/h3-13H,2,14H2,1H3,(H,24,26). The summed E-state index contributed by atoms with van der Waals surface area (Å²) in [4.78, 5) is 36.9. The molecule has 3 rings (SSSR count). The second-order valence-corrected chi connectivity index (χ2v) is 6.20. The Labute approximate surface area is 166 Å². The van der Waals surface area contributed by atoms with Crippen LogP contribution < -0.4 is 10.9 Å².